The molecule has 2 heterocycles. The standard InChI is InChI=1S/C13H10N2O4/c1-18-11-4-2-3-8-7(11)5-9(14-8)10-6-12(13(16)17)19-15-10/h2-6,14H,1H3,(H,16,17). The molecular weight excluding hydrogens is 248 g/mol. The van der Waals surface area contributed by atoms with E-state index in [-0.39, 0.29) is 5.76 Å². The molecule has 6 heteroatoms. The van der Waals surface area contributed by atoms with E-state index >= 15 is 0 Å². The SMILES string of the molecule is COc1cccc2[nH]c(-c3cc(C(=O)O)on3)cc12. The molecule has 0 saturated heterocycles. The number of nitrogens with one attached hydrogen (secondary N) is 1. The molecule has 6 nitrogen and oxygen atoms in total. The number of carbonyl (C=O) groups is 1. The van der Waals surface area contributed by atoms with E-state index in [2.05, 4.69) is 10.1 Å². The van der Waals surface area contributed by atoms with E-state index in [9.17, 15) is 4.79 Å². The first kappa shape index (κ1) is 11.3. The first-order valence-electron chi connectivity index (χ1n) is 5.55. The number of methoxy groups -OCH3 is 1. The van der Waals surface area contributed by atoms with Crippen LogP contribution in [0.2, 0.25) is 0 Å². The van der Waals surface area contributed by atoms with Gasteiger partial charge in [-0.05, 0) is 18.2 Å². The van der Waals surface area contributed by atoms with Crippen molar-refractivity contribution in [3.63, 3.8) is 0 Å². The van der Waals surface area contributed by atoms with Crippen LogP contribution in [0.15, 0.2) is 34.9 Å². The minimum absolute atomic E-state index is 0.194. The van der Waals surface area contributed by atoms with Crippen LogP contribution < -0.4 is 4.74 Å². The fourth-order valence-corrected chi connectivity index (χ4v) is 1.95. The summed E-state index contributed by atoms with van der Waals surface area (Å²) in [7, 11) is 1.60. The van der Waals surface area contributed by atoms with Gasteiger partial charge in [-0.25, -0.2) is 4.79 Å². The number of H-pyrrole nitrogens is 1. The van der Waals surface area contributed by atoms with Crippen LogP contribution in [-0.4, -0.2) is 28.3 Å². The molecule has 3 aromatic rings. The zero-order chi connectivity index (χ0) is 13.4. The summed E-state index contributed by atoms with van der Waals surface area (Å²) in [4.78, 5) is 13.9. The first-order valence-corrected chi connectivity index (χ1v) is 5.55. The quantitative estimate of drug-likeness (QED) is 0.753. The number of rotatable bonds is 3. The lowest BCUT2D eigenvalue weighted by molar-refractivity contribution is 0.0652. The normalized spacial score (nSPS) is 10.8. The van der Waals surface area contributed by atoms with Crippen molar-refractivity contribution in [2.24, 2.45) is 0 Å². The zero-order valence-electron chi connectivity index (χ0n) is 10.0. The second-order valence-corrected chi connectivity index (χ2v) is 3.99. The highest BCUT2D eigenvalue weighted by Crippen LogP contribution is 2.30. The molecule has 19 heavy (non-hydrogen) atoms. The van der Waals surface area contributed by atoms with Crippen LogP contribution in [-0.2, 0) is 0 Å². The second-order valence-electron chi connectivity index (χ2n) is 3.99. The van der Waals surface area contributed by atoms with Gasteiger partial charge in [0, 0.05) is 17.0 Å². The molecule has 0 radical (unpaired) electrons. The summed E-state index contributed by atoms with van der Waals surface area (Å²) in [6.07, 6.45) is 0. The van der Waals surface area contributed by atoms with Gasteiger partial charge in [0.15, 0.2) is 0 Å². The third-order valence-corrected chi connectivity index (χ3v) is 2.84. The maximum Gasteiger partial charge on any atom is 0.374 e. The van der Waals surface area contributed by atoms with E-state index in [0.717, 1.165) is 16.7 Å². The number of nitrogens with zero attached hydrogens (tertiary/aromatic N) is 1. The fourth-order valence-electron chi connectivity index (χ4n) is 1.95. The van der Waals surface area contributed by atoms with Crippen molar-refractivity contribution in [1.29, 1.82) is 0 Å². The Morgan fingerprint density at radius 3 is 2.95 bits per heavy atom. The summed E-state index contributed by atoms with van der Waals surface area (Å²) in [6, 6.07) is 8.84. The molecule has 2 N–H and O–H groups in total. The van der Waals surface area contributed by atoms with Crippen molar-refractivity contribution < 1.29 is 19.2 Å². The van der Waals surface area contributed by atoms with Gasteiger partial charge in [-0.1, -0.05) is 11.2 Å². The molecule has 0 amide bonds. The van der Waals surface area contributed by atoms with Gasteiger partial charge in [0.25, 0.3) is 0 Å². The highest BCUT2D eigenvalue weighted by atomic mass is 16.5. The molecule has 2 aromatic heterocycles. The van der Waals surface area contributed by atoms with Gasteiger partial charge in [-0.2, -0.15) is 0 Å². The maximum atomic E-state index is 10.8. The van der Waals surface area contributed by atoms with Crippen LogP contribution in [0.1, 0.15) is 10.6 Å². The molecule has 96 valence electrons. The molecular formula is C13H10N2O4. The summed E-state index contributed by atoms with van der Waals surface area (Å²) >= 11 is 0. The van der Waals surface area contributed by atoms with Gasteiger partial charge in [0.2, 0.25) is 5.76 Å². The molecule has 0 atom stereocenters. The van der Waals surface area contributed by atoms with E-state index in [1.807, 2.05) is 24.3 Å². The molecule has 0 aliphatic rings. The number of fused-ring (bicyclic) bond motifs is 1. The summed E-state index contributed by atoms with van der Waals surface area (Å²) in [5, 5.41) is 13.4. The zero-order valence-corrected chi connectivity index (χ0v) is 10.0. The molecule has 0 spiro atoms. The molecule has 1 aromatic carbocycles. The summed E-state index contributed by atoms with van der Waals surface area (Å²) < 4.78 is 9.99. The van der Waals surface area contributed by atoms with E-state index in [4.69, 9.17) is 14.4 Å². The average Bonchev–Trinajstić information content (AvgIpc) is 3.04. The van der Waals surface area contributed by atoms with Gasteiger partial charge >= 0.3 is 5.97 Å². The Bertz CT molecular complexity index is 757. The Morgan fingerprint density at radius 2 is 2.26 bits per heavy atom. The number of carboxylic acids is 1. The number of carboxylic acid groups (broad SMARTS) is 1. The minimum atomic E-state index is -1.15. The van der Waals surface area contributed by atoms with E-state index in [0.29, 0.717) is 11.4 Å². The lowest BCUT2D eigenvalue weighted by atomic mass is 10.2. The molecule has 0 aliphatic heterocycles. The Hall–Kier alpha value is -2.76. The summed E-state index contributed by atoms with van der Waals surface area (Å²) in [5.74, 6) is -0.602. The van der Waals surface area contributed by atoms with E-state index in [1.54, 1.807) is 7.11 Å². The largest absolute Gasteiger partial charge is 0.496 e. The van der Waals surface area contributed by atoms with Gasteiger partial charge in [-0.15, -0.1) is 0 Å². The molecule has 3 rings (SSSR count). The maximum absolute atomic E-state index is 10.8. The molecule has 0 fully saturated rings. The van der Waals surface area contributed by atoms with Crippen LogP contribution in [0.4, 0.5) is 0 Å². The van der Waals surface area contributed by atoms with Gasteiger partial charge in [0.05, 0.1) is 12.8 Å². The lowest BCUT2D eigenvalue weighted by Gasteiger charge is -1.99. The number of hydrogen-bond acceptors (Lipinski definition) is 4. The monoisotopic (exact) mass is 258 g/mol. The molecule has 0 saturated carbocycles. The number of ether oxygens (including phenoxy) is 1. The number of aromatic carboxylic acids is 1. The molecule has 0 bridgehead atoms. The highest BCUT2D eigenvalue weighted by molar-refractivity contribution is 5.91. The number of aromatic amines is 1. The fraction of sp³-hybridized carbons (Fsp3) is 0.0769. The Labute approximate surface area is 107 Å². The molecule has 0 aliphatic carbocycles. The Kier molecular flexibility index (Phi) is 2.49. The average molecular weight is 258 g/mol. The topological polar surface area (TPSA) is 88.4 Å². The van der Waals surface area contributed by atoms with Crippen molar-refractivity contribution in [2.75, 3.05) is 7.11 Å². The van der Waals surface area contributed by atoms with Gasteiger partial charge in [0.1, 0.15) is 11.4 Å². The van der Waals surface area contributed by atoms with Crippen molar-refractivity contribution in [2.45, 2.75) is 0 Å². The van der Waals surface area contributed by atoms with Crippen molar-refractivity contribution in [1.82, 2.24) is 10.1 Å². The van der Waals surface area contributed by atoms with Gasteiger partial charge in [-0.3, -0.25) is 0 Å². The number of benzene rings is 1. The molecule has 0 unspecified atom stereocenters. The Morgan fingerprint density at radius 1 is 1.42 bits per heavy atom. The Balaban J connectivity index is 2.12. The number of hydrogen-bond donors (Lipinski definition) is 2. The first-order chi connectivity index (χ1) is 9.19. The summed E-state index contributed by atoms with van der Waals surface area (Å²) in [5.41, 5.74) is 2.00. The van der Waals surface area contributed by atoms with Crippen LogP contribution in [0.25, 0.3) is 22.3 Å². The van der Waals surface area contributed by atoms with Crippen molar-refractivity contribution >= 4 is 16.9 Å². The lowest BCUT2D eigenvalue weighted by Crippen LogP contribution is -1.91. The van der Waals surface area contributed by atoms with E-state index < -0.39 is 5.97 Å². The van der Waals surface area contributed by atoms with Crippen LogP contribution in [0.3, 0.4) is 0 Å². The third-order valence-electron chi connectivity index (χ3n) is 2.84. The predicted molar refractivity (Wildman–Crippen MR) is 67.3 cm³/mol. The minimum Gasteiger partial charge on any atom is -0.496 e. The second kappa shape index (κ2) is 4.16. The highest BCUT2D eigenvalue weighted by Gasteiger charge is 2.14. The van der Waals surface area contributed by atoms with Crippen LogP contribution in [0.5, 0.6) is 5.75 Å². The third kappa shape index (κ3) is 1.83. The summed E-state index contributed by atoms with van der Waals surface area (Å²) in [6.45, 7) is 0. The van der Waals surface area contributed by atoms with Crippen LogP contribution >= 0.6 is 0 Å². The predicted octanol–water partition coefficient (Wildman–Crippen LogP) is 2.53. The van der Waals surface area contributed by atoms with E-state index in [1.165, 1.54) is 6.07 Å². The van der Waals surface area contributed by atoms with Crippen molar-refractivity contribution in [3.05, 3.63) is 36.1 Å². The van der Waals surface area contributed by atoms with Crippen molar-refractivity contribution in [3.8, 4) is 17.1 Å². The van der Waals surface area contributed by atoms with Gasteiger partial charge < -0.3 is 19.4 Å². The van der Waals surface area contributed by atoms with Crippen LogP contribution in [0, 0.1) is 0 Å². The number of aromatic nitrogens is 2. The smallest absolute Gasteiger partial charge is 0.374 e.